The van der Waals surface area contributed by atoms with Crippen molar-refractivity contribution >= 4 is 17.5 Å². The van der Waals surface area contributed by atoms with Gasteiger partial charge in [0.25, 0.3) is 5.91 Å². The number of aryl methyl sites for hydroxylation is 1. The molecule has 128 valence electrons. The lowest BCUT2D eigenvalue weighted by atomic mass is 10.1. The number of aromatic amines is 1. The van der Waals surface area contributed by atoms with Gasteiger partial charge in [-0.2, -0.15) is 0 Å². The number of nitrogens with one attached hydrogen (secondary N) is 2. The summed E-state index contributed by atoms with van der Waals surface area (Å²) in [5.74, 6) is 0.0711. The Kier molecular flexibility index (Phi) is 6.00. The van der Waals surface area contributed by atoms with E-state index in [-0.39, 0.29) is 17.9 Å². The second-order valence-corrected chi connectivity index (χ2v) is 5.80. The van der Waals surface area contributed by atoms with Gasteiger partial charge < -0.3 is 20.8 Å². The highest BCUT2D eigenvalue weighted by Gasteiger charge is 2.14. The summed E-state index contributed by atoms with van der Waals surface area (Å²) in [5.41, 5.74) is 7.59. The summed E-state index contributed by atoms with van der Waals surface area (Å²) in [6.07, 6.45) is 1.63. The average Bonchev–Trinajstić information content (AvgIpc) is 2.57. The third-order valence-electron chi connectivity index (χ3n) is 3.60. The summed E-state index contributed by atoms with van der Waals surface area (Å²) >= 11 is 5.97. The van der Waals surface area contributed by atoms with Crippen LogP contribution in [0.5, 0.6) is 5.75 Å². The number of H-pyrrole nitrogens is 1. The highest BCUT2D eigenvalue weighted by Crippen LogP contribution is 2.23. The zero-order chi connectivity index (χ0) is 17.7. The van der Waals surface area contributed by atoms with E-state index >= 15 is 0 Å². The summed E-state index contributed by atoms with van der Waals surface area (Å²) in [6, 6.07) is 4.81. The fraction of sp³-hybridized carbons (Fsp3) is 0.294. The monoisotopic (exact) mass is 349 g/mol. The molecule has 0 bridgehead atoms. The van der Waals surface area contributed by atoms with E-state index in [1.807, 2.05) is 0 Å². The number of hydrogen-bond acceptors (Lipinski definition) is 4. The van der Waals surface area contributed by atoms with Crippen molar-refractivity contribution < 1.29 is 9.53 Å². The molecule has 1 aromatic carbocycles. The molecule has 7 heteroatoms. The lowest BCUT2D eigenvalue weighted by Gasteiger charge is -2.12. The first-order valence-electron chi connectivity index (χ1n) is 7.52. The smallest absolute Gasteiger partial charge is 0.255 e. The number of hydrogen-bond donors (Lipinski definition) is 3. The number of amides is 1. The van der Waals surface area contributed by atoms with Crippen molar-refractivity contribution in [3.63, 3.8) is 0 Å². The molecule has 0 aliphatic carbocycles. The van der Waals surface area contributed by atoms with Crippen molar-refractivity contribution in [3.05, 3.63) is 62.0 Å². The average molecular weight is 350 g/mol. The van der Waals surface area contributed by atoms with Crippen LogP contribution in [-0.4, -0.2) is 24.0 Å². The molecule has 6 nitrogen and oxygen atoms in total. The van der Waals surface area contributed by atoms with Crippen molar-refractivity contribution in [1.82, 2.24) is 10.3 Å². The van der Waals surface area contributed by atoms with Crippen molar-refractivity contribution in [2.24, 2.45) is 5.73 Å². The number of pyridine rings is 1. The van der Waals surface area contributed by atoms with Gasteiger partial charge in [0.1, 0.15) is 12.4 Å². The lowest BCUT2D eigenvalue weighted by Crippen LogP contribution is -2.26. The number of benzene rings is 1. The number of aromatic nitrogens is 1. The molecule has 0 aliphatic heterocycles. The van der Waals surface area contributed by atoms with E-state index in [1.165, 1.54) is 6.07 Å². The van der Waals surface area contributed by atoms with Crippen LogP contribution >= 0.6 is 11.6 Å². The number of ether oxygens (including phenoxy) is 1. The van der Waals surface area contributed by atoms with E-state index < -0.39 is 0 Å². The molecule has 24 heavy (non-hydrogen) atoms. The zero-order valence-electron chi connectivity index (χ0n) is 13.6. The Bertz CT molecular complexity index is 802. The maximum atomic E-state index is 12.4. The number of carbonyl (C=O) groups is 1. The molecule has 2 aromatic rings. The lowest BCUT2D eigenvalue weighted by molar-refractivity contribution is 0.0946. The van der Waals surface area contributed by atoms with Crippen LogP contribution in [0, 0.1) is 13.8 Å². The van der Waals surface area contributed by atoms with E-state index in [0.29, 0.717) is 46.3 Å². The largest absolute Gasteiger partial charge is 0.491 e. The Balaban J connectivity index is 2.17. The van der Waals surface area contributed by atoms with Crippen molar-refractivity contribution in [1.29, 1.82) is 0 Å². The minimum atomic E-state index is -0.342. The maximum absolute atomic E-state index is 12.4. The van der Waals surface area contributed by atoms with Crippen LogP contribution in [0.15, 0.2) is 29.2 Å². The van der Waals surface area contributed by atoms with Gasteiger partial charge in [-0.3, -0.25) is 9.59 Å². The number of rotatable bonds is 6. The van der Waals surface area contributed by atoms with Gasteiger partial charge in [0, 0.05) is 34.6 Å². The van der Waals surface area contributed by atoms with E-state index in [0.717, 1.165) is 0 Å². The van der Waals surface area contributed by atoms with Crippen LogP contribution in [0.3, 0.4) is 0 Å². The molecular formula is C17H20ClN3O3. The van der Waals surface area contributed by atoms with E-state index in [9.17, 15) is 9.59 Å². The number of halogens is 1. The molecule has 2 rings (SSSR count). The van der Waals surface area contributed by atoms with Crippen molar-refractivity contribution in [2.75, 3.05) is 13.2 Å². The molecular weight excluding hydrogens is 330 g/mol. The van der Waals surface area contributed by atoms with E-state index in [4.69, 9.17) is 22.1 Å². The van der Waals surface area contributed by atoms with Gasteiger partial charge in [0.2, 0.25) is 0 Å². The Morgan fingerprint density at radius 2 is 2.12 bits per heavy atom. The second kappa shape index (κ2) is 7.99. The second-order valence-electron chi connectivity index (χ2n) is 5.36. The highest BCUT2D eigenvalue weighted by molar-refractivity contribution is 6.31. The molecule has 0 radical (unpaired) electrons. The SMILES string of the molecule is Cc1c[nH]c(CNC(=O)c2cc(Cl)ccc2OCCN)c(C)c1=O. The first-order valence-corrected chi connectivity index (χ1v) is 7.90. The van der Waals surface area contributed by atoms with Gasteiger partial charge in [-0.25, -0.2) is 0 Å². The molecule has 0 unspecified atom stereocenters. The van der Waals surface area contributed by atoms with Crippen LogP contribution in [0.2, 0.25) is 5.02 Å². The molecule has 4 N–H and O–H groups in total. The van der Waals surface area contributed by atoms with Crippen LogP contribution in [0.25, 0.3) is 0 Å². The van der Waals surface area contributed by atoms with Crippen LogP contribution < -0.4 is 21.2 Å². The Labute approximate surface area is 145 Å². The fourth-order valence-electron chi connectivity index (χ4n) is 2.22. The molecule has 1 heterocycles. The van der Waals surface area contributed by atoms with Gasteiger partial charge in [-0.05, 0) is 32.0 Å². The van der Waals surface area contributed by atoms with Crippen LogP contribution in [0.1, 0.15) is 27.2 Å². The Morgan fingerprint density at radius 3 is 2.83 bits per heavy atom. The van der Waals surface area contributed by atoms with E-state index in [1.54, 1.807) is 32.2 Å². The third-order valence-corrected chi connectivity index (χ3v) is 3.84. The Morgan fingerprint density at radius 1 is 1.38 bits per heavy atom. The van der Waals surface area contributed by atoms with Gasteiger partial charge >= 0.3 is 0 Å². The number of carbonyl (C=O) groups excluding carboxylic acids is 1. The highest BCUT2D eigenvalue weighted by atomic mass is 35.5. The summed E-state index contributed by atoms with van der Waals surface area (Å²) in [5, 5.41) is 3.20. The van der Waals surface area contributed by atoms with Crippen LogP contribution in [0.4, 0.5) is 0 Å². The minimum absolute atomic E-state index is 0.0345. The van der Waals surface area contributed by atoms with Gasteiger partial charge in [0.05, 0.1) is 12.1 Å². The van der Waals surface area contributed by atoms with Gasteiger partial charge in [-0.15, -0.1) is 0 Å². The summed E-state index contributed by atoms with van der Waals surface area (Å²) in [7, 11) is 0. The third kappa shape index (κ3) is 4.15. The molecule has 0 saturated heterocycles. The molecule has 0 aliphatic rings. The first kappa shape index (κ1) is 18.0. The predicted molar refractivity (Wildman–Crippen MR) is 93.7 cm³/mol. The minimum Gasteiger partial charge on any atom is -0.491 e. The summed E-state index contributed by atoms with van der Waals surface area (Å²) < 4.78 is 5.47. The first-order chi connectivity index (χ1) is 11.4. The molecule has 1 aromatic heterocycles. The van der Waals surface area contributed by atoms with Crippen molar-refractivity contribution in [3.8, 4) is 5.75 Å². The molecule has 0 fully saturated rings. The van der Waals surface area contributed by atoms with Crippen molar-refractivity contribution in [2.45, 2.75) is 20.4 Å². The predicted octanol–water partition coefficient (Wildman–Crippen LogP) is 1.91. The molecule has 0 saturated carbocycles. The maximum Gasteiger partial charge on any atom is 0.255 e. The standard InChI is InChI=1S/C17H20ClN3O3/c1-10-8-20-14(11(2)16(10)22)9-21-17(23)13-7-12(18)3-4-15(13)24-6-5-19/h3-4,7-8H,5-6,9,19H2,1-2H3,(H,20,22)(H,21,23). The van der Waals surface area contributed by atoms with Crippen LogP contribution in [-0.2, 0) is 6.54 Å². The topological polar surface area (TPSA) is 97.2 Å². The molecule has 0 atom stereocenters. The number of nitrogens with two attached hydrogens (primary N) is 1. The fourth-order valence-corrected chi connectivity index (χ4v) is 2.40. The van der Waals surface area contributed by atoms with Gasteiger partial charge in [0.15, 0.2) is 5.43 Å². The van der Waals surface area contributed by atoms with Gasteiger partial charge in [-0.1, -0.05) is 11.6 Å². The van der Waals surface area contributed by atoms with E-state index in [2.05, 4.69) is 10.3 Å². The molecule has 0 spiro atoms. The quantitative estimate of drug-likeness (QED) is 0.742. The molecule has 1 amide bonds. The Hall–Kier alpha value is -2.31. The zero-order valence-corrected chi connectivity index (χ0v) is 14.4. The normalized spacial score (nSPS) is 10.5. The summed E-state index contributed by atoms with van der Waals surface area (Å²) in [4.78, 5) is 27.4. The summed E-state index contributed by atoms with van der Waals surface area (Å²) in [6.45, 7) is 4.30.